The number of nitrogens with one attached hydrogen (secondary N) is 1. The molecule has 1 amide bonds. The van der Waals surface area contributed by atoms with Crippen molar-refractivity contribution in [2.24, 2.45) is 0 Å². The molecule has 2 heterocycles. The van der Waals surface area contributed by atoms with Crippen molar-refractivity contribution in [3.8, 4) is 27.4 Å². The average Bonchev–Trinajstić information content (AvgIpc) is 3.39. The number of carboxylic acid groups (broad SMARTS) is 1. The molecule has 8 heteroatoms. The fraction of sp³-hybridized carbons (Fsp3) is 0. The molecule has 2 aromatic heterocycles. The van der Waals surface area contributed by atoms with Crippen LogP contribution >= 0.6 is 22.7 Å². The second-order valence-electron chi connectivity index (χ2n) is 6.03. The van der Waals surface area contributed by atoms with E-state index < -0.39 is 11.9 Å². The SMILES string of the molecule is O=C(Nc1nc(-c2ccccc2)c(C(=O)O)s1)c1cc(-c2cccs2)ccc1O. The standard InChI is InChI=1S/C21H14N2O4S2/c24-15-9-8-13(16-7-4-10-28-16)11-14(15)19(25)23-21-22-17(18(29-21)20(26)27)12-5-2-1-3-6-12/h1-11,24H,(H,26,27)(H,22,23,25). The van der Waals surface area contributed by atoms with E-state index in [-0.39, 0.29) is 27.0 Å². The number of carbonyl (C=O) groups is 2. The summed E-state index contributed by atoms with van der Waals surface area (Å²) in [6, 6.07) is 17.5. The maximum atomic E-state index is 12.7. The quantitative estimate of drug-likeness (QED) is 0.411. The van der Waals surface area contributed by atoms with Crippen molar-refractivity contribution in [2.75, 3.05) is 5.32 Å². The summed E-state index contributed by atoms with van der Waals surface area (Å²) in [6.07, 6.45) is 0. The third-order valence-electron chi connectivity index (χ3n) is 4.14. The summed E-state index contributed by atoms with van der Waals surface area (Å²) in [7, 11) is 0. The van der Waals surface area contributed by atoms with E-state index in [9.17, 15) is 19.8 Å². The second kappa shape index (κ2) is 7.86. The molecule has 4 aromatic rings. The molecule has 3 N–H and O–H groups in total. The first kappa shape index (κ1) is 18.9. The van der Waals surface area contributed by atoms with Crippen LogP contribution in [-0.2, 0) is 0 Å². The normalized spacial score (nSPS) is 10.6. The summed E-state index contributed by atoms with van der Waals surface area (Å²) in [5, 5.41) is 24.3. The van der Waals surface area contributed by atoms with E-state index in [1.165, 1.54) is 17.4 Å². The van der Waals surface area contributed by atoms with Crippen LogP contribution in [0.4, 0.5) is 5.13 Å². The van der Waals surface area contributed by atoms with E-state index in [0.717, 1.165) is 21.8 Å². The van der Waals surface area contributed by atoms with Crippen molar-refractivity contribution < 1.29 is 19.8 Å². The number of carbonyl (C=O) groups excluding carboxylic acids is 1. The van der Waals surface area contributed by atoms with Gasteiger partial charge >= 0.3 is 5.97 Å². The molecule has 0 saturated heterocycles. The fourth-order valence-electron chi connectivity index (χ4n) is 2.79. The maximum Gasteiger partial charge on any atom is 0.348 e. The highest BCUT2D eigenvalue weighted by Crippen LogP contribution is 2.33. The van der Waals surface area contributed by atoms with Crippen molar-refractivity contribution in [1.29, 1.82) is 0 Å². The molecule has 29 heavy (non-hydrogen) atoms. The van der Waals surface area contributed by atoms with Crippen LogP contribution in [0.3, 0.4) is 0 Å². The topological polar surface area (TPSA) is 99.5 Å². The number of carboxylic acids is 1. The monoisotopic (exact) mass is 422 g/mol. The molecule has 0 atom stereocenters. The minimum atomic E-state index is -1.12. The molecule has 0 radical (unpaired) electrons. The molecule has 0 bridgehead atoms. The van der Waals surface area contributed by atoms with Crippen molar-refractivity contribution in [1.82, 2.24) is 4.98 Å². The van der Waals surface area contributed by atoms with Crippen molar-refractivity contribution in [2.45, 2.75) is 0 Å². The molecular weight excluding hydrogens is 408 g/mol. The molecule has 0 aliphatic carbocycles. The van der Waals surface area contributed by atoms with Gasteiger partial charge in [0.05, 0.1) is 11.3 Å². The Bertz CT molecular complexity index is 1180. The van der Waals surface area contributed by atoms with E-state index in [2.05, 4.69) is 10.3 Å². The predicted octanol–water partition coefficient (Wildman–Crippen LogP) is 5.19. The molecule has 0 fully saturated rings. The zero-order chi connectivity index (χ0) is 20.4. The van der Waals surface area contributed by atoms with E-state index in [0.29, 0.717) is 5.56 Å². The van der Waals surface area contributed by atoms with Gasteiger partial charge in [-0.05, 0) is 35.2 Å². The molecule has 0 spiro atoms. The highest BCUT2D eigenvalue weighted by molar-refractivity contribution is 7.18. The van der Waals surface area contributed by atoms with Crippen LogP contribution in [0, 0.1) is 0 Å². The minimum absolute atomic E-state index is 0.0306. The number of phenols is 1. The van der Waals surface area contributed by atoms with Crippen LogP contribution in [0.1, 0.15) is 20.0 Å². The Hall–Kier alpha value is -3.49. The Morgan fingerprint density at radius 3 is 2.45 bits per heavy atom. The number of aromatic carboxylic acids is 1. The lowest BCUT2D eigenvalue weighted by Crippen LogP contribution is -2.12. The van der Waals surface area contributed by atoms with Gasteiger partial charge in [0.1, 0.15) is 10.6 Å². The number of aromatic nitrogens is 1. The number of phenolic OH excluding ortho intramolecular Hbond substituents is 1. The smallest absolute Gasteiger partial charge is 0.348 e. The van der Waals surface area contributed by atoms with Gasteiger partial charge in [0.2, 0.25) is 0 Å². The number of thiophene rings is 1. The summed E-state index contributed by atoms with van der Waals surface area (Å²) < 4.78 is 0. The van der Waals surface area contributed by atoms with Crippen molar-refractivity contribution in [3.63, 3.8) is 0 Å². The Kier molecular flexibility index (Phi) is 5.11. The van der Waals surface area contributed by atoms with Crippen LogP contribution < -0.4 is 5.32 Å². The van der Waals surface area contributed by atoms with Gasteiger partial charge in [0.25, 0.3) is 5.91 Å². The largest absolute Gasteiger partial charge is 0.507 e. The second-order valence-corrected chi connectivity index (χ2v) is 7.98. The summed E-state index contributed by atoms with van der Waals surface area (Å²) in [5.74, 6) is -1.85. The molecule has 0 aliphatic heterocycles. The van der Waals surface area contributed by atoms with Gasteiger partial charge in [-0.3, -0.25) is 10.1 Å². The highest BCUT2D eigenvalue weighted by Gasteiger charge is 2.21. The van der Waals surface area contributed by atoms with Gasteiger partial charge in [-0.15, -0.1) is 11.3 Å². The third kappa shape index (κ3) is 3.89. The van der Waals surface area contributed by atoms with Gasteiger partial charge in [0, 0.05) is 10.4 Å². The number of benzene rings is 2. The summed E-state index contributed by atoms with van der Waals surface area (Å²) in [6.45, 7) is 0. The summed E-state index contributed by atoms with van der Waals surface area (Å²) >= 11 is 2.39. The molecule has 0 unspecified atom stereocenters. The number of anilines is 1. The molecule has 2 aromatic carbocycles. The fourth-order valence-corrected chi connectivity index (χ4v) is 4.33. The Labute approximate surface area is 173 Å². The Morgan fingerprint density at radius 2 is 1.76 bits per heavy atom. The van der Waals surface area contributed by atoms with E-state index in [1.54, 1.807) is 36.4 Å². The van der Waals surface area contributed by atoms with E-state index >= 15 is 0 Å². The average molecular weight is 422 g/mol. The molecule has 0 saturated carbocycles. The zero-order valence-corrected chi connectivity index (χ0v) is 16.5. The zero-order valence-electron chi connectivity index (χ0n) is 14.8. The van der Waals surface area contributed by atoms with Crippen molar-refractivity contribution in [3.05, 3.63) is 76.5 Å². The number of rotatable bonds is 5. The number of hydrogen-bond acceptors (Lipinski definition) is 6. The maximum absolute atomic E-state index is 12.7. The molecule has 144 valence electrons. The molecule has 6 nitrogen and oxygen atoms in total. The van der Waals surface area contributed by atoms with Gasteiger partial charge in [-0.1, -0.05) is 47.7 Å². The van der Waals surface area contributed by atoms with Gasteiger partial charge in [-0.2, -0.15) is 0 Å². The van der Waals surface area contributed by atoms with Crippen LogP contribution in [0.25, 0.3) is 21.7 Å². The lowest BCUT2D eigenvalue weighted by Gasteiger charge is -2.06. The molecule has 4 rings (SSSR count). The lowest BCUT2D eigenvalue weighted by molar-refractivity contribution is 0.0702. The first-order chi connectivity index (χ1) is 14.0. The van der Waals surface area contributed by atoms with Crippen LogP contribution in [0.15, 0.2) is 66.0 Å². The minimum Gasteiger partial charge on any atom is -0.507 e. The predicted molar refractivity (Wildman–Crippen MR) is 114 cm³/mol. The third-order valence-corrected chi connectivity index (χ3v) is 6.01. The first-order valence-corrected chi connectivity index (χ1v) is 10.2. The summed E-state index contributed by atoms with van der Waals surface area (Å²) in [5.41, 5.74) is 1.82. The van der Waals surface area contributed by atoms with Gasteiger partial charge < -0.3 is 10.2 Å². The number of hydrogen-bond donors (Lipinski definition) is 3. The molecule has 0 aliphatic rings. The number of amides is 1. The van der Waals surface area contributed by atoms with Crippen molar-refractivity contribution >= 4 is 39.7 Å². The Morgan fingerprint density at radius 1 is 0.966 bits per heavy atom. The highest BCUT2D eigenvalue weighted by atomic mass is 32.1. The van der Waals surface area contributed by atoms with E-state index in [4.69, 9.17) is 0 Å². The lowest BCUT2D eigenvalue weighted by atomic mass is 10.1. The molecular formula is C21H14N2O4S2. The van der Waals surface area contributed by atoms with Crippen LogP contribution in [-0.4, -0.2) is 27.1 Å². The van der Waals surface area contributed by atoms with Gasteiger partial charge in [0.15, 0.2) is 5.13 Å². The van der Waals surface area contributed by atoms with Crippen LogP contribution in [0.5, 0.6) is 5.75 Å². The van der Waals surface area contributed by atoms with Gasteiger partial charge in [-0.25, -0.2) is 9.78 Å². The number of nitrogens with zero attached hydrogens (tertiary/aromatic N) is 1. The number of aromatic hydroxyl groups is 1. The summed E-state index contributed by atoms with van der Waals surface area (Å²) in [4.78, 5) is 29.6. The van der Waals surface area contributed by atoms with Crippen LogP contribution in [0.2, 0.25) is 0 Å². The number of thiazole rings is 1. The first-order valence-electron chi connectivity index (χ1n) is 8.50. The Balaban J connectivity index is 1.66. The van der Waals surface area contributed by atoms with E-state index in [1.807, 2.05) is 23.6 Å².